The van der Waals surface area contributed by atoms with Gasteiger partial charge in [0.25, 0.3) is 0 Å². The first-order valence-corrected chi connectivity index (χ1v) is 11.9. The third kappa shape index (κ3) is 5.73. The number of hydrogen-bond donors (Lipinski definition) is 1. The number of amides is 3. The van der Waals surface area contributed by atoms with Gasteiger partial charge in [0.1, 0.15) is 11.6 Å². The van der Waals surface area contributed by atoms with Crippen molar-refractivity contribution in [3.05, 3.63) is 54.1 Å². The lowest BCUT2D eigenvalue weighted by Gasteiger charge is -2.43. The van der Waals surface area contributed by atoms with Gasteiger partial charge >= 0.3 is 6.03 Å². The Balaban J connectivity index is 1.27. The minimum Gasteiger partial charge on any atom is -0.343 e. The van der Waals surface area contributed by atoms with Crippen LogP contribution in [0, 0.1) is 11.6 Å². The molecular weight excluding hydrogens is 438 g/mol. The van der Waals surface area contributed by atoms with E-state index in [-0.39, 0.29) is 18.0 Å². The summed E-state index contributed by atoms with van der Waals surface area (Å²) in [6.07, 6.45) is 3.86. The Morgan fingerprint density at radius 3 is 2.03 bits per heavy atom. The lowest BCUT2D eigenvalue weighted by atomic mass is 9.97. The number of carbonyl (C=O) groups is 2. The molecule has 4 rings (SSSR count). The fourth-order valence-corrected chi connectivity index (χ4v) is 5.03. The molecule has 2 aromatic carbocycles. The molecule has 3 amide bonds. The Labute approximate surface area is 199 Å². The van der Waals surface area contributed by atoms with E-state index in [1.807, 2.05) is 11.9 Å². The second-order valence-electron chi connectivity index (χ2n) is 9.28. The third-order valence-electron chi connectivity index (χ3n) is 7.13. The van der Waals surface area contributed by atoms with Crippen molar-refractivity contribution < 1.29 is 18.4 Å². The van der Waals surface area contributed by atoms with Gasteiger partial charge in [0.2, 0.25) is 5.91 Å². The average Bonchev–Trinajstić information content (AvgIpc) is 2.83. The maximum Gasteiger partial charge on any atom is 0.321 e. The van der Waals surface area contributed by atoms with Crippen LogP contribution in [0.15, 0.2) is 42.5 Å². The normalized spacial score (nSPS) is 18.1. The number of rotatable bonds is 4. The molecule has 2 aromatic rings. The molecule has 0 atom stereocenters. The summed E-state index contributed by atoms with van der Waals surface area (Å²) in [5.74, 6) is -1.09. The summed E-state index contributed by atoms with van der Waals surface area (Å²) >= 11 is 0. The second kappa shape index (κ2) is 10.5. The number of halogens is 2. The van der Waals surface area contributed by atoms with E-state index in [0.29, 0.717) is 22.9 Å². The topological polar surface area (TPSA) is 55.9 Å². The number of anilines is 1. The van der Waals surface area contributed by atoms with Crippen molar-refractivity contribution in [2.45, 2.75) is 44.7 Å². The van der Waals surface area contributed by atoms with Gasteiger partial charge in [-0.25, -0.2) is 13.6 Å². The lowest BCUT2D eigenvalue weighted by Crippen LogP contribution is -2.52. The molecular formula is C26H32F2N4O2. The van der Waals surface area contributed by atoms with Gasteiger partial charge in [-0.2, -0.15) is 0 Å². The molecule has 2 saturated heterocycles. The number of hydrogen-bond acceptors (Lipinski definition) is 3. The molecule has 0 aliphatic carbocycles. The molecule has 8 heteroatoms. The van der Waals surface area contributed by atoms with Crippen LogP contribution in [-0.2, 0) is 4.79 Å². The van der Waals surface area contributed by atoms with E-state index < -0.39 is 11.6 Å². The minimum absolute atomic E-state index is 0.155. The van der Waals surface area contributed by atoms with Crippen molar-refractivity contribution in [3.63, 3.8) is 0 Å². The Kier molecular flexibility index (Phi) is 7.46. The van der Waals surface area contributed by atoms with Crippen molar-refractivity contribution in [1.82, 2.24) is 14.7 Å². The molecule has 182 valence electrons. The summed E-state index contributed by atoms with van der Waals surface area (Å²) in [4.78, 5) is 30.5. The molecule has 2 aliphatic heterocycles. The minimum atomic E-state index is -0.624. The zero-order chi connectivity index (χ0) is 24.2. The van der Waals surface area contributed by atoms with Gasteiger partial charge in [0.15, 0.2) is 0 Å². The molecule has 0 saturated carbocycles. The molecule has 0 spiro atoms. The number of nitrogens with one attached hydrogen (secondary N) is 1. The molecule has 0 radical (unpaired) electrons. The predicted octanol–water partition coefficient (Wildman–Crippen LogP) is 4.57. The summed E-state index contributed by atoms with van der Waals surface area (Å²) < 4.78 is 27.0. The van der Waals surface area contributed by atoms with E-state index in [9.17, 15) is 18.4 Å². The predicted molar refractivity (Wildman–Crippen MR) is 128 cm³/mol. The summed E-state index contributed by atoms with van der Waals surface area (Å²) in [5, 5.41) is 2.92. The number of piperidine rings is 2. The van der Waals surface area contributed by atoms with E-state index in [4.69, 9.17) is 0 Å². The molecule has 0 unspecified atom stereocenters. The van der Waals surface area contributed by atoms with E-state index in [0.717, 1.165) is 57.9 Å². The van der Waals surface area contributed by atoms with Crippen LogP contribution in [0.2, 0.25) is 0 Å². The monoisotopic (exact) mass is 470 g/mol. The summed E-state index contributed by atoms with van der Waals surface area (Å²) in [7, 11) is 1.82. The Bertz CT molecular complexity index is 994. The lowest BCUT2D eigenvalue weighted by molar-refractivity contribution is -0.130. The average molecular weight is 471 g/mol. The van der Waals surface area contributed by atoms with Crippen LogP contribution in [0.3, 0.4) is 0 Å². The number of urea groups is 1. The van der Waals surface area contributed by atoms with Crippen molar-refractivity contribution in [2.75, 3.05) is 38.5 Å². The summed E-state index contributed by atoms with van der Waals surface area (Å²) in [6.45, 7) is 5.19. The first kappa shape index (κ1) is 24.1. The number of likely N-dealkylation sites (tertiary alicyclic amines) is 2. The first-order chi connectivity index (χ1) is 16.3. The molecule has 2 fully saturated rings. The SMILES string of the molecule is CC(=O)N1CCC(N2CCC(N(C)C(=O)Nc3ccc(-c4cc(F)cc(F)c4)cc3)CC2)CC1. The van der Waals surface area contributed by atoms with Crippen molar-refractivity contribution in [1.29, 1.82) is 0 Å². The van der Waals surface area contributed by atoms with Crippen LogP contribution < -0.4 is 5.32 Å². The molecule has 2 heterocycles. The highest BCUT2D eigenvalue weighted by Gasteiger charge is 2.31. The molecule has 0 aromatic heterocycles. The molecule has 0 bridgehead atoms. The van der Waals surface area contributed by atoms with Gasteiger partial charge < -0.3 is 20.0 Å². The second-order valence-corrected chi connectivity index (χ2v) is 9.28. The highest BCUT2D eigenvalue weighted by atomic mass is 19.1. The fraction of sp³-hybridized carbons (Fsp3) is 0.462. The number of carbonyl (C=O) groups excluding carboxylic acids is 2. The maximum atomic E-state index is 13.5. The van der Waals surface area contributed by atoms with Crippen LogP contribution in [-0.4, -0.2) is 71.9 Å². The van der Waals surface area contributed by atoms with E-state index >= 15 is 0 Å². The van der Waals surface area contributed by atoms with Crippen molar-refractivity contribution in [3.8, 4) is 11.1 Å². The van der Waals surface area contributed by atoms with Gasteiger partial charge in [-0.05, 0) is 61.1 Å². The van der Waals surface area contributed by atoms with Gasteiger partial charge in [0, 0.05) is 64.0 Å². The van der Waals surface area contributed by atoms with Crippen LogP contribution >= 0.6 is 0 Å². The van der Waals surface area contributed by atoms with Gasteiger partial charge in [-0.15, -0.1) is 0 Å². The Morgan fingerprint density at radius 1 is 0.882 bits per heavy atom. The maximum absolute atomic E-state index is 13.5. The van der Waals surface area contributed by atoms with Crippen LogP contribution in [0.1, 0.15) is 32.6 Å². The van der Waals surface area contributed by atoms with Crippen LogP contribution in [0.25, 0.3) is 11.1 Å². The highest BCUT2D eigenvalue weighted by Crippen LogP contribution is 2.25. The quantitative estimate of drug-likeness (QED) is 0.712. The Hall–Kier alpha value is -3.00. The summed E-state index contributed by atoms with van der Waals surface area (Å²) in [5.41, 5.74) is 1.75. The van der Waals surface area contributed by atoms with E-state index in [2.05, 4.69) is 10.2 Å². The number of nitrogens with zero attached hydrogens (tertiary/aromatic N) is 3. The zero-order valence-corrected chi connectivity index (χ0v) is 19.8. The molecule has 6 nitrogen and oxygen atoms in total. The third-order valence-corrected chi connectivity index (χ3v) is 7.13. The van der Waals surface area contributed by atoms with Gasteiger partial charge in [-0.1, -0.05) is 12.1 Å². The largest absolute Gasteiger partial charge is 0.343 e. The highest BCUT2D eigenvalue weighted by molar-refractivity contribution is 5.89. The van der Waals surface area contributed by atoms with Gasteiger partial charge in [0.05, 0.1) is 0 Å². The zero-order valence-electron chi connectivity index (χ0n) is 19.8. The molecule has 1 N–H and O–H groups in total. The fourth-order valence-electron chi connectivity index (χ4n) is 5.03. The number of benzene rings is 2. The van der Waals surface area contributed by atoms with E-state index in [1.54, 1.807) is 36.1 Å². The van der Waals surface area contributed by atoms with Crippen LogP contribution in [0.4, 0.5) is 19.3 Å². The molecule has 2 aliphatic rings. The Morgan fingerprint density at radius 2 is 1.47 bits per heavy atom. The van der Waals surface area contributed by atoms with Gasteiger partial charge in [-0.3, -0.25) is 4.79 Å². The van der Waals surface area contributed by atoms with Crippen molar-refractivity contribution in [2.24, 2.45) is 0 Å². The first-order valence-electron chi connectivity index (χ1n) is 11.9. The van der Waals surface area contributed by atoms with E-state index in [1.165, 1.54) is 12.1 Å². The molecule has 34 heavy (non-hydrogen) atoms. The summed E-state index contributed by atoms with van der Waals surface area (Å²) in [6, 6.07) is 10.9. The standard InChI is InChI=1S/C26H32F2N4O2/c1-18(33)31-11-9-25(10-12-31)32-13-7-24(8-14-32)30(2)26(34)29-23-5-3-19(4-6-23)20-15-21(27)17-22(28)16-20/h3-6,15-17,24-25H,7-14H2,1-2H3,(H,29,34). The van der Waals surface area contributed by atoms with Crippen molar-refractivity contribution >= 4 is 17.6 Å². The van der Waals surface area contributed by atoms with Crippen LogP contribution in [0.5, 0.6) is 0 Å². The smallest absolute Gasteiger partial charge is 0.321 e.